The molecule has 24 heavy (non-hydrogen) atoms. The van der Waals surface area contributed by atoms with Crippen molar-refractivity contribution in [2.24, 2.45) is 29.1 Å². The lowest BCUT2D eigenvalue weighted by Gasteiger charge is -2.55. The molecule has 0 aromatic carbocycles. The lowest BCUT2D eigenvalue weighted by atomic mass is 9.50. The van der Waals surface area contributed by atoms with Gasteiger partial charge in [0.1, 0.15) is 12.2 Å². The van der Waals surface area contributed by atoms with E-state index in [1.54, 1.807) is 0 Å². The van der Waals surface area contributed by atoms with Crippen LogP contribution in [-0.2, 0) is 9.59 Å². The smallest absolute Gasteiger partial charge is 0.190 e. The maximum Gasteiger partial charge on any atom is 0.190 e. The van der Waals surface area contributed by atoms with Crippen LogP contribution in [0.3, 0.4) is 0 Å². The molecule has 6 atom stereocenters. The number of rotatable bonds is 2. The number of fused-ring (bicyclic) bond motifs is 5. The molecule has 0 aromatic rings. The maximum absolute atomic E-state index is 12.3. The molecular formula is C20H28O4. The van der Waals surface area contributed by atoms with Crippen molar-refractivity contribution in [1.29, 1.82) is 0 Å². The molecule has 0 spiro atoms. The van der Waals surface area contributed by atoms with Gasteiger partial charge in [-0.3, -0.25) is 9.59 Å². The van der Waals surface area contributed by atoms with E-state index >= 15 is 0 Å². The average molecular weight is 332 g/mol. The Bertz CT molecular complexity index is 609. The second-order valence-corrected chi connectivity index (χ2v) is 8.74. The zero-order chi connectivity index (χ0) is 17.1. The molecule has 0 unspecified atom stereocenters. The Labute approximate surface area is 143 Å². The molecule has 0 radical (unpaired) electrons. The van der Waals surface area contributed by atoms with Gasteiger partial charge in [-0.2, -0.15) is 0 Å². The third kappa shape index (κ3) is 2.05. The Kier molecular flexibility index (Phi) is 3.77. The zero-order valence-corrected chi connectivity index (χ0v) is 14.5. The number of carbonyl (C=O) groups is 2. The summed E-state index contributed by atoms with van der Waals surface area (Å²) in [7, 11) is 0. The predicted octanol–water partition coefficient (Wildman–Crippen LogP) is 2.42. The molecule has 0 bridgehead atoms. The standard InChI is InChI=1S/C20H28O4/c1-19-8-6-15-14-5-3-13(22)10-12(14)2-4-16(15)17(19)7-9-20(19,24)18(23)11-21/h10,14-17,21,24H,2-9,11H2,1H3/t14-,15+,16+,17-,19-,20-/m0/s1. The Morgan fingerprint density at radius 2 is 1.96 bits per heavy atom. The van der Waals surface area contributed by atoms with Crippen LogP contribution < -0.4 is 0 Å². The summed E-state index contributed by atoms with van der Waals surface area (Å²) in [6, 6.07) is 0. The highest BCUT2D eigenvalue weighted by Gasteiger charge is 2.64. The van der Waals surface area contributed by atoms with Crippen molar-refractivity contribution in [2.45, 2.75) is 63.9 Å². The van der Waals surface area contributed by atoms with Crippen LogP contribution in [0, 0.1) is 29.1 Å². The van der Waals surface area contributed by atoms with Crippen LogP contribution in [-0.4, -0.2) is 34.0 Å². The van der Waals surface area contributed by atoms with E-state index in [1.807, 2.05) is 6.08 Å². The highest BCUT2D eigenvalue weighted by molar-refractivity contribution is 5.91. The van der Waals surface area contributed by atoms with Crippen molar-refractivity contribution in [1.82, 2.24) is 0 Å². The minimum Gasteiger partial charge on any atom is -0.388 e. The van der Waals surface area contributed by atoms with Gasteiger partial charge >= 0.3 is 0 Å². The molecule has 3 fully saturated rings. The molecule has 0 aromatic heterocycles. The van der Waals surface area contributed by atoms with Crippen LogP contribution in [0.5, 0.6) is 0 Å². The highest BCUT2D eigenvalue weighted by atomic mass is 16.3. The summed E-state index contributed by atoms with van der Waals surface area (Å²) in [6.07, 6.45) is 8.86. The van der Waals surface area contributed by atoms with Crippen molar-refractivity contribution in [2.75, 3.05) is 6.61 Å². The molecule has 3 saturated carbocycles. The molecule has 0 saturated heterocycles. The number of aliphatic hydroxyl groups is 2. The first-order valence-electron chi connectivity index (χ1n) is 9.50. The monoisotopic (exact) mass is 332 g/mol. The molecule has 0 amide bonds. The minimum atomic E-state index is -1.35. The van der Waals surface area contributed by atoms with E-state index in [4.69, 9.17) is 0 Å². The molecule has 0 heterocycles. The molecule has 4 aliphatic carbocycles. The lowest BCUT2D eigenvalue weighted by molar-refractivity contribution is -0.162. The van der Waals surface area contributed by atoms with E-state index in [-0.39, 0.29) is 5.78 Å². The van der Waals surface area contributed by atoms with Gasteiger partial charge in [-0.1, -0.05) is 12.5 Å². The van der Waals surface area contributed by atoms with Gasteiger partial charge in [0.15, 0.2) is 11.6 Å². The van der Waals surface area contributed by atoms with Gasteiger partial charge in [-0.15, -0.1) is 0 Å². The van der Waals surface area contributed by atoms with Crippen LogP contribution in [0.1, 0.15) is 58.3 Å². The van der Waals surface area contributed by atoms with Crippen molar-refractivity contribution in [3.63, 3.8) is 0 Å². The quantitative estimate of drug-likeness (QED) is 0.814. The molecule has 4 heteroatoms. The van der Waals surface area contributed by atoms with Gasteiger partial charge in [0.25, 0.3) is 0 Å². The van der Waals surface area contributed by atoms with Gasteiger partial charge in [-0.25, -0.2) is 0 Å². The first-order chi connectivity index (χ1) is 11.4. The lowest BCUT2D eigenvalue weighted by Crippen LogP contribution is -2.56. The number of hydrogen-bond acceptors (Lipinski definition) is 4. The SMILES string of the molecule is C[C@]12CC[C@H]3[C@@H](CCC4=CC(=O)CC[C@@H]43)[C@@H]1CC[C@]2(O)C(=O)CO. The summed E-state index contributed by atoms with van der Waals surface area (Å²) in [5.41, 5.74) is -0.397. The van der Waals surface area contributed by atoms with E-state index in [2.05, 4.69) is 6.92 Å². The van der Waals surface area contributed by atoms with Gasteiger partial charge in [0, 0.05) is 11.8 Å². The fourth-order valence-corrected chi connectivity index (χ4v) is 6.79. The summed E-state index contributed by atoms with van der Waals surface area (Å²) in [4.78, 5) is 24.0. The van der Waals surface area contributed by atoms with Gasteiger partial charge in [0.2, 0.25) is 0 Å². The summed E-state index contributed by atoms with van der Waals surface area (Å²) in [6.45, 7) is 1.51. The first kappa shape index (κ1) is 16.5. The van der Waals surface area contributed by atoms with Crippen molar-refractivity contribution in [3.05, 3.63) is 11.6 Å². The Morgan fingerprint density at radius 3 is 2.71 bits per heavy atom. The summed E-state index contributed by atoms with van der Waals surface area (Å²) >= 11 is 0. The van der Waals surface area contributed by atoms with Gasteiger partial charge in [0.05, 0.1) is 0 Å². The minimum absolute atomic E-state index is 0.282. The Hall–Kier alpha value is -1.00. The third-order valence-electron chi connectivity index (χ3n) is 8.06. The molecule has 2 N–H and O–H groups in total. The number of hydrogen-bond donors (Lipinski definition) is 2. The molecule has 4 nitrogen and oxygen atoms in total. The summed E-state index contributed by atoms with van der Waals surface area (Å²) in [5.74, 6) is 1.92. The molecule has 4 rings (SSSR count). The number of ketones is 2. The largest absolute Gasteiger partial charge is 0.388 e. The van der Waals surface area contributed by atoms with Crippen molar-refractivity contribution in [3.8, 4) is 0 Å². The van der Waals surface area contributed by atoms with E-state index < -0.39 is 23.4 Å². The Morgan fingerprint density at radius 1 is 1.17 bits per heavy atom. The van der Waals surface area contributed by atoms with Crippen LogP contribution in [0.4, 0.5) is 0 Å². The van der Waals surface area contributed by atoms with Gasteiger partial charge in [-0.05, 0) is 74.7 Å². The van der Waals surface area contributed by atoms with E-state index in [0.29, 0.717) is 36.5 Å². The second kappa shape index (κ2) is 5.50. The maximum atomic E-state index is 12.3. The molecule has 4 aliphatic rings. The van der Waals surface area contributed by atoms with E-state index in [0.717, 1.165) is 38.5 Å². The summed E-state index contributed by atoms with van der Waals surface area (Å²) < 4.78 is 0. The third-order valence-corrected chi connectivity index (χ3v) is 8.06. The van der Waals surface area contributed by atoms with E-state index in [9.17, 15) is 19.8 Å². The highest BCUT2D eigenvalue weighted by Crippen LogP contribution is 2.64. The fraction of sp³-hybridized carbons (Fsp3) is 0.800. The molecular weight excluding hydrogens is 304 g/mol. The molecule has 132 valence electrons. The van der Waals surface area contributed by atoms with Crippen molar-refractivity contribution < 1.29 is 19.8 Å². The van der Waals surface area contributed by atoms with Crippen LogP contribution >= 0.6 is 0 Å². The topological polar surface area (TPSA) is 74.6 Å². The van der Waals surface area contributed by atoms with Crippen LogP contribution in [0.2, 0.25) is 0 Å². The number of carbonyl (C=O) groups excluding carboxylic acids is 2. The molecule has 0 aliphatic heterocycles. The fourth-order valence-electron chi connectivity index (χ4n) is 6.79. The van der Waals surface area contributed by atoms with Gasteiger partial charge < -0.3 is 10.2 Å². The number of Topliss-reactive ketones (excluding diaryl/α,β-unsaturated/α-hetero) is 1. The van der Waals surface area contributed by atoms with Crippen LogP contribution in [0.25, 0.3) is 0 Å². The summed E-state index contributed by atoms with van der Waals surface area (Å²) in [5, 5.41) is 20.4. The van der Waals surface area contributed by atoms with Crippen molar-refractivity contribution >= 4 is 11.6 Å². The van der Waals surface area contributed by atoms with Crippen LogP contribution in [0.15, 0.2) is 11.6 Å². The number of aliphatic hydroxyl groups excluding tert-OH is 1. The second-order valence-electron chi connectivity index (χ2n) is 8.74. The normalized spacial score (nSPS) is 47.5. The average Bonchev–Trinajstić information content (AvgIpc) is 2.86. The predicted molar refractivity (Wildman–Crippen MR) is 89.1 cm³/mol. The zero-order valence-electron chi connectivity index (χ0n) is 14.5. The first-order valence-corrected chi connectivity index (χ1v) is 9.50. The van der Waals surface area contributed by atoms with E-state index in [1.165, 1.54) is 5.57 Å². The number of allylic oxidation sites excluding steroid dienone is 1. The Balaban J connectivity index is 1.64.